The smallest absolute Gasteiger partial charge is 0.169 e. The van der Waals surface area contributed by atoms with Crippen LogP contribution < -0.4 is 5.32 Å². The number of aliphatic hydroxyl groups is 1. The van der Waals surface area contributed by atoms with E-state index in [4.69, 9.17) is 0 Å². The van der Waals surface area contributed by atoms with Crippen LogP contribution in [0.3, 0.4) is 0 Å². The van der Waals surface area contributed by atoms with Crippen LogP contribution in [0.15, 0.2) is 10.7 Å². The lowest BCUT2D eigenvalue weighted by atomic mass is 9.96. The van der Waals surface area contributed by atoms with E-state index in [1.165, 1.54) is 24.4 Å². The Morgan fingerprint density at radius 2 is 2.39 bits per heavy atom. The molecule has 6 heteroatoms. The Hall–Kier alpha value is -0.170. The third kappa shape index (κ3) is 4.84. The zero-order valence-corrected chi connectivity index (χ0v) is 12.4. The summed E-state index contributed by atoms with van der Waals surface area (Å²) in [4.78, 5) is 4.14. The van der Waals surface area contributed by atoms with E-state index in [0.29, 0.717) is 6.04 Å². The molecule has 0 radical (unpaired) electrons. The highest BCUT2D eigenvalue weighted by atomic mass is 32.2. The van der Waals surface area contributed by atoms with Crippen LogP contribution in [-0.4, -0.2) is 38.4 Å². The van der Waals surface area contributed by atoms with E-state index < -0.39 is 0 Å². The second kappa shape index (κ2) is 6.84. The van der Waals surface area contributed by atoms with Crippen LogP contribution >= 0.6 is 23.3 Å². The van der Waals surface area contributed by atoms with Crippen molar-refractivity contribution in [1.82, 2.24) is 14.7 Å². The molecule has 0 aliphatic heterocycles. The van der Waals surface area contributed by atoms with E-state index in [1.807, 2.05) is 0 Å². The maximum Gasteiger partial charge on any atom is 0.169 e. The minimum absolute atomic E-state index is 0.0887. The Kier molecular flexibility index (Phi) is 5.41. The first-order valence-electron chi connectivity index (χ1n) is 6.50. The third-order valence-electron chi connectivity index (χ3n) is 3.17. The molecule has 0 saturated heterocycles. The molecule has 1 saturated carbocycles. The minimum Gasteiger partial charge on any atom is -0.394 e. The van der Waals surface area contributed by atoms with E-state index >= 15 is 0 Å². The van der Waals surface area contributed by atoms with Crippen LogP contribution in [0.4, 0.5) is 0 Å². The summed E-state index contributed by atoms with van der Waals surface area (Å²) in [5.41, 5.74) is -0.0887. The van der Waals surface area contributed by atoms with Crippen molar-refractivity contribution in [2.24, 2.45) is 0 Å². The maximum atomic E-state index is 9.48. The molecular weight excluding hydrogens is 266 g/mol. The van der Waals surface area contributed by atoms with Crippen molar-refractivity contribution in [2.75, 3.05) is 12.4 Å². The molecule has 0 bridgehead atoms. The Morgan fingerprint density at radius 3 is 3.00 bits per heavy atom. The van der Waals surface area contributed by atoms with Gasteiger partial charge in [0.2, 0.25) is 0 Å². The van der Waals surface area contributed by atoms with Gasteiger partial charge in [-0.25, -0.2) is 4.98 Å². The molecule has 4 nitrogen and oxygen atoms in total. The second-order valence-corrected chi connectivity index (χ2v) is 7.27. The number of aromatic nitrogens is 2. The number of thioether (sulfide) groups is 1. The van der Waals surface area contributed by atoms with Crippen LogP contribution in [0.25, 0.3) is 0 Å². The van der Waals surface area contributed by atoms with Gasteiger partial charge in [0.1, 0.15) is 6.33 Å². The van der Waals surface area contributed by atoms with Gasteiger partial charge >= 0.3 is 0 Å². The van der Waals surface area contributed by atoms with Crippen molar-refractivity contribution in [2.45, 2.75) is 54.9 Å². The fourth-order valence-electron chi connectivity index (χ4n) is 1.92. The molecule has 0 spiro atoms. The first-order chi connectivity index (χ1) is 8.72. The average molecular weight is 287 g/mol. The summed E-state index contributed by atoms with van der Waals surface area (Å²) < 4.78 is 5.03. The molecule has 1 heterocycles. The van der Waals surface area contributed by atoms with Gasteiger partial charge in [-0.3, -0.25) is 0 Å². The summed E-state index contributed by atoms with van der Waals surface area (Å²) >= 11 is 3.23. The van der Waals surface area contributed by atoms with Gasteiger partial charge in [0, 0.05) is 17.3 Å². The van der Waals surface area contributed by atoms with Gasteiger partial charge in [-0.2, -0.15) is 4.37 Å². The predicted octanol–water partition coefficient (Wildman–Crippen LogP) is 2.30. The molecule has 1 aliphatic carbocycles. The fourth-order valence-corrected chi connectivity index (χ4v) is 3.43. The molecule has 1 aromatic heterocycles. The van der Waals surface area contributed by atoms with E-state index in [0.717, 1.165) is 29.4 Å². The van der Waals surface area contributed by atoms with Crippen molar-refractivity contribution in [3.8, 4) is 0 Å². The largest absolute Gasteiger partial charge is 0.394 e. The minimum atomic E-state index is -0.0887. The molecular formula is C12H21N3OS2. The second-order valence-electron chi connectivity index (χ2n) is 5.15. The van der Waals surface area contributed by atoms with Crippen molar-refractivity contribution in [3.05, 3.63) is 6.33 Å². The van der Waals surface area contributed by atoms with Crippen molar-refractivity contribution in [1.29, 1.82) is 0 Å². The third-order valence-corrected chi connectivity index (χ3v) is 5.05. The van der Waals surface area contributed by atoms with Crippen LogP contribution in [0.5, 0.6) is 0 Å². The molecule has 2 rings (SSSR count). The number of aliphatic hydroxyl groups excluding tert-OH is 1. The molecule has 0 amide bonds. The van der Waals surface area contributed by atoms with Crippen LogP contribution in [0.1, 0.15) is 39.0 Å². The highest BCUT2D eigenvalue weighted by Gasteiger charge is 2.31. The zero-order valence-electron chi connectivity index (χ0n) is 10.8. The van der Waals surface area contributed by atoms with Crippen molar-refractivity contribution in [3.63, 3.8) is 0 Å². The lowest BCUT2D eigenvalue weighted by Gasteiger charge is -2.29. The summed E-state index contributed by atoms with van der Waals surface area (Å²) in [5, 5.41) is 13.0. The molecule has 102 valence electrons. The van der Waals surface area contributed by atoms with Gasteiger partial charge in [-0.1, -0.05) is 18.2 Å². The first-order valence-corrected chi connectivity index (χ1v) is 8.26. The summed E-state index contributed by atoms with van der Waals surface area (Å²) in [7, 11) is 0. The number of rotatable bonds is 9. The zero-order chi connectivity index (χ0) is 12.8. The number of nitrogens with zero attached hydrogens (tertiary/aromatic N) is 2. The number of unbranched alkanes of at least 4 members (excludes halogenated alkanes) is 1. The molecule has 1 aromatic rings. The van der Waals surface area contributed by atoms with Crippen LogP contribution in [0, 0.1) is 0 Å². The molecule has 0 aromatic carbocycles. The quantitative estimate of drug-likeness (QED) is 0.539. The Labute approximate surface area is 117 Å². The Morgan fingerprint density at radius 1 is 1.56 bits per heavy atom. The molecule has 1 fully saturated rings. The number of hydrogen-bond acceptors (Lipinski definition) is 6. The highest BCUT2D eigenvalue weighted by Crippen LogP contribution is 2.26. The molecule has 2 N–H and O–H groups in total. The summed E-state index contributed by atoms with van der Waals surface area (Å²) in [6.07, 6.45) is 7.48. The topological polar surface area (TPSA) is 58.0 Å². The average Bonchev–Trinajstić information content (AvgIpc) is 3.01. The monoisotopic (exact) mass is 287 g/mol. The molecule has 1 atom stereocenters. The van der Waals surface area contributed by atoms with E-state index in [2.05, 4.69) is 21.6 Å². The standard InChI is InChI=1S/C12H21N3OS2/c1-12(8-16,15-10-4-5-10)6-2-3-7-17-11-13-9-14-18-11/h9-10,15-16H,2-8H2,1H3. The summed E-state index contributed by atoms with van der Waals surface area (Å²) in [6, 6.07) is 0.651. The fraction of sp³-hybridized carbons (Fsp3) is 0.833. The first kappa shape index (κ1) is 14.2. The van der Waals surface area contributed by atoms with Crippen molar-refractivity contribution < 1.29 is 5.11 Å². The SMILES string of the molecule is CC(CO)(CCCCSc1ncns1)NC1CC1. The highest BCUT2D eigenvalue weighted by molar-refractivity contribution is 8.00. The van der Waals surface area contributed by atoms with Gasteiger partial charge in [-0.15, -0.1) is 0 Å². The maximum absolute atomic E-state index is 9.48. The molecule has 1 unspecified atom stereocenters. The predicted molar refractivity (Wildman–Crippen MR) is 76.1 cm³/mol. The molecule has 18 heavy (non-hydrogen) atoms. The molecule has 1 aliphatic rings. The van der Waals surface area contributed by atoms with Crippen LogP contribution in [-0.2, 0) is 0 Å². The Balaban J connectivity index is 1.58. The number of hydrogen-bond donors (Lipinski definition) is 2. The van der Waals surface area contributed by atoms with Gasteiger partial charge in [0.05, 0.1) is 6.61 Å². The number of nitrogens with one attached hydrogen (secondary N) is 1. The normalized spacial score (nSPS) is 18.8. The van der Waals surface area contributed by atoms with Gasteiger partial charge in [0.15, 0.2) is 4.34 Å². The van der Waals surface area contributed by atoms with E-state index in [1.54, 1.807) is 18.1 Å². The van der Waals surface area contributed by atoms with Crippen LogP contribution in [0.2, 0.25) is 0 Å². The van der Waals surface area contributed by atoms with E-state index in [-0.39, 0.29) is 12.1 Å². The van der Waals surface area contributed by atoms with Gasteiger partial charge in [0.25, 0.3) is 0 Å². The lowest BCUT2D eigenvalue weighted by Crippen LogP contribution is -2.46. The van der Waals surface area contributed by atoms with Gasteiger partial charge in [-0.05, 0) is 44.1 Å². The lowest BCUT2D eigenvalue weighted by molar-refractivity contribution is 0.161. The van der Waals surface area contributed by atoms with Crippen molar-refractivity contribution >= 4 is 23.3 Å². The summed E-state index contributed by atoms with van der Waals surface area (Å²) in [5.74, 6) is 1.08. The van der Waals surface area contributed by atoms with Gasteiger partial charge < -0.3 is 10.4 Å². The summed E-state index contributed by atoms with van der Waals surface area (Å²) in [6.45, 7) is 2.36. The Bertz CT molecular complexity index is 343. The van der Waals surface area contributed by atoms with E-state index in [9.17, 15) is 5.11 Å².